The zero-order valence-corrected chi connectivity index (χ0v) is 28.7. The first-order valence-electron chi connectivity index (χ1n) is 16.0. The van der Waals surface area contributed by atoms with Crippen LogP contribution in [0.15, 0.2) is 60.7 Å². The van der Waals surface area contributed by atoms with Crippen molar-refractivity contribution in [2.24, 2.45) is 17.3 Å². The zero-order chi connectivity index (χ0) is 34.4. The highest BCUT2D eigenvalue weighted by atomic mass is 16.2. The molecular weight excluding hydrogens is 580 g/mol. The monoisotopic (exact) mass is 632 g/mol. The number of carbonyl (C=O) groups excluding carboxylic acids is 4. The standard InChI is InChI=1S/C24H33N5O3.C7H7NO.C5H12/c1-16(2)28-14-18(23(31)26-19-8-6-5-7-9-19)11-21(28)24(32)27(4)15-22(30)29-13-17(3)10-20(29)12-25;9-6-8-7-4-2-1-3-5-7;1-5(2,3)4/h5-9,16-18,20-21H,10-11,13-15H2,1-4H3,(H,26,31);1-6H,(H,8,9);1-4H3. The number of likely N-dealkylation sites (N-methyl/N-ethyl adjacent to an activating group) is 1. The van der Waals surface area contributed by atoms with E-state index in [4.69, 9.17) is 0 Å². The van der Waals surface area contributed by atoms with Gasteiger partial charge in [-0.05, 0) is 62.3 Å². The second-order valence-electron chi connectivity index (χ2n) is 13.9. The Morgan fingerprint density at radius 3 is 2.02 bits per heavy atom. The summed E-state index contributed by atoms with van der Waals surface area (Å²) in [5.74, 6) is -0.497. The van der Waals surface area contributed by atoms with Crippen molar-refractivity contribution >= 4 is 35.5 Å². The molecule has 2 aromatic rings. The number of nitrogens with zero attached hydrogens (tertiary/aromatic N) is 4. The minimum absolute atomic E-state index is 0.0625. The number of likely N-dealkylation sites (tertiary alicyclic amines) is 2. The van der Waals surface area contributed by atoms with E-state index in [-0.39, 0.29) is 42.1 Å². The number of amides is 4. The normalized spacial score (nSPS) is 20.7. The van der Waals surface area contributed by atoms with Crippen LogP contribution >= 0.6 is 0 Å². The molecule has 4 unspecified atom stereocenters. The average molecular weight is 633 g/mol. The molecule has 0 aromatic heterocycles. The Hall–Kier alpha value is -4.23. The van der Waals surface area contributed by atoms with Gasteiger partial charge in [-0.15, -0.1) is 0 Å². The van der Waals surface area contributed by atoms with Gasteiger partial charge in [-0.3, -0.25) is 24.1 Å². The Kier molecular flexibility index (Phi) is 14.9. The highest BCUT2D eigenvalue weighted by Crippen LogP contribution is 2.28. The molecule has 4 rings (SSSR count). The van der Waals surface area contributed by atoms with Crippen LogP contribution in [0.25, 0.3) is 0 Å². The molecule has 4 atom stereocenters. The average Bonchev–Trinajstić information content (AvgIpc) is 3.62. The van der Waals surface area contributed by atoms with Gasteiger partial charge in [-0.1, -0.05) is 71.0 Å². The zero-order valence-electron chi connectivity index (χ0n) is 28.7. The summed E-state index contributed by atoms with van der Waals surface area (Å²) in [4.78, 5) is 53.8. The van der Waals surface area contributed by atoms with Crippen molar-refractivity contribution in [2.45, 2.75) is 79.4 Å². The van der Waals surface area contributed by atoms with Gasteiger partial charge in [-0.2, -0.15) is 5.26 Å². The van der Waals surface area contributed by atoms with Crippen LogP contribution in [0.3, 0.4) is 0 Å². The summed E-state index contributed by atoms with van der Waals surface area (Å²) in [7, 11) is 1.62. The molecule has 2 fully saturated rings. The molecule has 0 aliphatic carbocycles. The van der Waals surface area contributed by atoms with Crippen LogP contribution in [-0.2, 0) is 19.2 Å². The third-order valence-corrected chi connectivity index (χ3v) is 7.43. The number of hydrogen-bond donors (Lipinski definition) is 2. The summed E-state index contributed by atoms with van der Waals surface area (Å²) in [6.07, 6.45) is 1.74. The summed E-state index contributed by atoms with van der Waals surface area (Å²) in [5, 5.41) is 14.8. The SMILES string of the molecule is CC(C)(C)C.CC1CC(C#N)N(C(=O)CN(C)C(=O)C2CC(C(=O)Nc3ccccc3)CN2C(C)C)C1.O=CNc1ccccc1. The van der Waals surface area contributed by atoms with E-state index >= 15 is 0 Å². The fraction of sp³-hybridized carbons (Fsp3) is 0.528. The molecule has 250 valence electrons. The van der Waals surface area contributed by atoms with E-state index < -0.39 is 12.1 Å². The first-order valence-corrected chi connectivity index (χ1v) is 16.0. The number of benzene rings is 2. The van der Waals surface area contributed by atoms with Crippen LogP contribution in [0.2, 0.25) is 0 Å². The predicted octanol–water partition coefficient (Wildman–Crippen LogP) is 5.25. The number of hydrogen-bond acceptors (Lipinski definition) is 6. The highest BCUT2D eigenvalue weighted by molar-refractivity contribution is 5.94. The summed E-state index contributed by atoms with van der Waals surface area (Å²) >= 11 is 0. The minimum Gasteiger partial charge on any atom is -0.335 e. The molecular formula is C36H52N6O4. The maximum atomic E-state index is 13.3. The van der Waals surface area contributed by atoms with Gasteiger partial charge in [-0.25, -0.2) is 0 Å². The van der Waals surface area contributed by atoms with Gasteiger partial charge in [0.15, 0.2) is 0 Å². The molecule has 2 aromatic carbocycles. The minimum atomic E-state index is -0.455. The van der Waals surface area contributed by atoms with Crippen LogP contribution in [-0.4, -0.2) is 83.6 Å². The first kappa shape index (κ1) is 38.0. The van der Waals surface area contributed by atoms with Crippen molar-refractivity contribution in [2.75, 3.05) is 37.3 Å². The van der Waals surface area contributed by atoms with E-state index in [0.29, 0.717) is 37.8 Å². The second-order valence-corrected chi connectivity index (χ2v) is 13.9. The molecule has 0 spiro atoms. The van der Waals surface area contributed by atoms with E-state index in [2.05, 4.69) is 44.4 Å². The van der Waals surface area contributed by atoms with Crippen molar-refractivity contribution in [1.82, 2.24) is 14.7 Å². The van der Waals surface area contributed by atoms with E-state index in [1.165, 1.54) is 4.90 Å². The topological polar surface area (TPSA) is 126 Å². The summed E-state index contributed by atoms with van der Waals surface area (Å²) in [5.41, 5.74) is 2.06. The van der Waals surface area contributed by atoms with Gasteiger partial charge in [0, 0.05) is 37.6 Å². The molecule has 2 aliphatic rings. The van der Waals surface area contributed by atoms with Crippen LogP contribution in [0, 0.1) is 28.6 Å². The van der Waals surface area contributed by atoms with Gasteiger partial charge in [0.1, 0.15) is 6.04 Å². The largest absolute Gasteiger partial charge is 0.335 e. The van der Waals surface area contributed by atoms with E-state index in [9.17, 15) is 24.4 Å². The molecule has 0 saturated carbocycles. The molecule has 2 N–H and O–H groups in total. The van der Waals surface area contributed by atoms with Crippen molar-refractivity contribution in [3.8, 4) is 6.07 Å². The van der Waals surface area contributed by atoms with E-state index in [1.807, 2.05) is 86.3 Å². The third-order valence-electron chi connectivity index (χ3n) is 7.43. The molecule has 2 heterocycles. The van der Waals surface area contributed by atoms with Gasteiger partial charge in [0.05, 0.1) is 24.6 Å². The number of nitriles is 1. The number of carbonyl (C=O) groups is 4. The van der Waals surface area contributed by atoms with Gasteiger partial charge in [0.2, 0.25) is 24.1 Å². The predicted molar refractivity (Wildman–Crippen MR) is 183 cm³/mol. The Morgan fingerprint density at radius 2 is 1.52 bits per heavy atom. The second kappa shape index (κ2) is 18.1. The Balaban J connectivity index is 0.000000434. The Morgan fingerprint density at radius 1 is 0.978 bits per heavy atom. The van der Waals surface area contributed by atoms with Gasteiger partial charge >= 0.3 is 0 Å². The molecule has 2 saturated heterocycles. The number of para-hydroxylation sites is 2. The fourth-order valence-electron chi connectivity index (χ4n) is 5.30. The molecule has 10 nitrogen and oxygen atoms in total. The van der Waals surface area contributed by atoms with Crippen molar-refractivity contribution in [1.29, 1.82) is 5.26 Å². The molecule has 0 radical (unpaired) electrons. The quantitative estimate of drug-likeness (QED) is 0.383. The molecule has 46 heavy (non-hydrogen) atoms. The summed E-state index contributed by atoms with van der Waals surface area (Å²) in [6, 6.07) is 20.0. The molecule has 4 amide bonds. The lowest BCUT2D eigenvalue weighted by Gasteiger charge is -2.31. The molecule has 2 aliphatic heterocycles. The first-order chi connectivity index (χ1) is 21.6. The smallest absolute Gasteiger partial charge is 0.243 e. The molecule has 10 heteroatoms. The van der Waals surface area contributed by atoms with E-state index in [1.54, 1.807) is 11.9 Å². The maximum absolute atomic E-state index is 13.3. The third kappa shape index (κ3) is 12.6. The highest BCUT2D eigenvalue weighted by Gasteiger charge is 2.43. The Bertz CT molecular complexity index is 1300. The lowest BCUT2D eigenvalue weighted by molar-refractivity contribution is -0.142. The lowest BCUT2D eigenvalue weighted by Crippen LogP contribution is -2.50. The van der Waals surface area contributed by atoms with Crippen LogP contribution < -0.4 is 10.6 Å². The van der Waals surface area contributed by atoms with Crippen LogP contribution in [0.4, 0.5) is 11.4 Å². The lowest BCUT2D eigenvalue weighted by atomic mass is 10.0. The van der Waals surface area contributed by atoms with Crippen molar-refractivity contribution in [3.05, 3.63) is 60.7 Å². The van der Waals surface area contributed by atoms with E-state index in [0.717, 1.165) is 11.4 Å². The Labute approximate surface area is 275 Å². The maximum Gasteiger partial charge on any atom is 0.243 e. The molecule has 0 bridgehead atoms. The van der Waals surface area contributed by atoms with Crippen LogP contribution in [0.5, 0.6) is 0 Å². The van der Waals surface area contributed by atoms with Crippen molar-refractivity contribution < 1.29 is 19.2 Å². The van der Waals surface area contributed by atoms with Gasteiger partial charge in [0.25, 0.3) is 0 Å². The number of nitrogens with one attached hydrogen (secondary N) is 2. The van der Waals surface area contributed by atoms with Crippen molar-refractivity contribution in [3.63, 3.8) is 0 Å². The van der Waals surface area contributed by atoms with Gasteiger partial charge < -0.3 is 20.4 Å². The summed E-state index contributed by atoms with van der Waals surface area (Å²) < 4.78 is 0. The summed E-state index contributed by atoms with van der Waals surface area (Å²) in [6.45, 7) is 15.8. The number of rotatable bonds is 8. The number of anilines is 2. The fourth-order valence-corrected chi connectivity index (χ4v) is 5.30. The van der Waals surface area contributed by atoms with Crippen LogP contribution in [0.1, 0.15) is 61.3 Å².